The summed E-state index contributed by atoms with van der Waals surface area (Å²) in [5.74, 6) is 1.28. The van der Waals surface area contributed by atoms with Crippen LogP contribution < -0.4 is 9.47 Å². The fourth-order valence-corrected chi connectivity index (χ4v) is 2.96. The molecule has 0 saturated heterocycles. The lowest BCUT2D eigenvalue weighted by molar-refractivity contribution is -0.130. The first-order valence-electron chi connectivity index (χ1n) is 8.22. The molecule has 0 aliphatic carbocycles. The molecule has 4 nitrogen and oxygen atoms in total. The van der Waals surface area contributed by atoms with Crippen LogP contribution in [0.5, 0.6) is 11.5 Å². The molecule has 2 rings (SSSR count). The fourth-order valence-electron chi connectivity index (χ4n) is 2.81. The molecule has 2 aromatic carbocycles. The van der Waals surface area contributed by atoms with Gasteiger partial charge in [0.2, 0.25) is 5.91 Å². The van der Waals surface area contributed by atoms with Gasteiger partial charge in [-0.1, -0.05) is 36.4 Å². The number of carbonyl (C=O) groups excluding carboxylic acids is 1. The lowest BCUT2D eigenvalue weighted by Crippen LogP contribution is -2.36. The molecule has 0 heterocycles. The van der Waals surface area contributed by atoms with Crippen LogP contribution >= 0.6 is 11.6 Å². The smallest absolute Gasteiger partial charge is 0.238 e. The van der Waals surface area contributed by atoms with Crippen LogP contribution in [0.1, 0.15) is 24.1 Å². The number of benzene rings is 2. The molecule has 0 spiro atoms. The Morgan fingerprint density at radius 3 is 2.36 bits per heavy atom. The summed E-state index contributed by atoms with van der Waals surface area (Å²) in [6.07, 6.45) is 0.708. The number of nitrogens with zero attached hydrogens (tertiary/aromatic N) is 1. The molecular weight excluding hydrogens is 338 g/mol. The molecule has 0 saturated carbocycles. The number of halogens is 1. The SMILES string of the molecule is COc1ccc(CCN(C(=O)CCl)[C@H](C)c2ccccc2)cc1OC. The highest BCUT2D eigenvalue weighted by molar-refractivity contribution is 6.27. The molecule has 0 aliphatic rings. The summed E-state index contributed by atoms with van der Waals surface area (Å²) in [6, 6.07) is 15.7. The van der Waals surface area contributed by atoms with E-state index < -0.39 is 0 Å². The summed E-state index contributed by atoms with van der Waals surface area (Å²) in [5.41, 5.74) is 2.17. The topological polar surface area (TPSA) is 38.8 Å². The number of alkyl halides is 1. The molecule has 0 fully saturated rings. The molecule has 2 aromatic rings. The Bertz CT molecular complexity index is 691. The van der Waals surface area contributed by atoms with E-state index in [1.165, 1.54) is 0 Å². The van der Waals surface area contributed by atoms with E-state index in [2.05, 4.69) is 0 Å². The summed E-state index contributed by atoms with van der Waals surface area (Å²) in [5, 5.41) is 0. The molecule has 0 unspecified atom stereocenters. The molecule has 0 radical (unpaired) electrons. The summed E-state index contributed by atoms with van der Waals surface area (Å²) >= 11 is 5.82. The number of amides is 1. The highest BCUT2D eigenvalue weighted by atomic mass is 35.5. The van der Waals surface area contributed by atoms with Crippen molar-refractivity contribution >= 4 is 17.5 Å². The summed E-state index contributed by atoms with van der Waals surface area (Å²) in [6.45, 7) is 2.60. The van der Waals surface area contributed by atoms with E-state index in [1.807, 2.05) is 60.4 Å². The number of rotatable bonds is 8. The summed E-state index contributed by atoms with van der Waals surface area (Å²) in [7, 11) is 3.22. The maximum Gasteiger partial charge on any atom is 0.238 e. The molecule has 25 heavy (non-hydrogen) atoms. The Morgan fingerprint density at radius 1 is 1.08 bits per heavy atom. The number of ether oxygens (including phenoxy) is 2. The van der Waals surface area contributed by atoms with Crippen molar-refractivity contribution in [2.45, 2.75) is 19.4 Å². The van der Waals surface area contributed by atoms with Gasteiger partial charge >= 0.3 is 0 Å². The van der Waals surface area contributed by atoms with E-state index >= 15 is 0 Å². The maximum absolute atomic E-state index is 12.3. The first-order valence-corrected chi connectivity index (χ1v) is 8.75. The summed E-state index contributed by atoms with van der Waals surface area (Å²) < 4.78 is 10.6. The van der Waals surface area contributed by atoms with Crippen molar-refractivity contribution in [1.29, 1.82) is 0 Å². The van der Waals surface area contributed by atoms with Crippen LogP contribution in [0, 0.1) is 0 Å². The fraction of sp³-hybridized carbons (Fsp3) is 0.350. The number of carbonyl (C=O) groups is 1. The molecule has 0 aliphatic heterocycles. The molecule has 0 N–H and O–H groups in total. The van der Waals surface area contributed by atoms with E-state index in [0.29, 0.717) is 24.5 Å². The second kappa shape index (κ2) is 9.33. The Balaban J connectivity index is 2.14. The van der Waals surface area contributed by atoms with Gasteiger partial charge < -0.3 is 14.4 Å². The van der Waals surface area contributed by atoms with Crippen LogP contribution in [0.25, 0.3) is 0 Å². The Morgan fingerprint density at radius 2 is 1.76 bits per heavy atom. The molecule has 1 amide bonds. The normalized spacial score (nSPS) is 11.7. The van der Waals surface area contributed by atoms with E-state index in [0.717, 1.165) is 11.1 Å². The minimum Gasteiger partial charge on any atom is -0.493 e. The van der Waals surface area contributed by atoms with Gasteiger partial charge in [0.25, 0.3) is 0 Å². The third-order valence-electron chi connectivity index (χ3n) is 4.27. The minimum absolute atomic E-state index is 0.0247. The summed E-state index contributed by atoms with van der Waals surface area (Å²) in [4.78, 5) is 14.1. The molecule has 0 aromatic heterocycles. The van der Waals surface area contributed by atoms with Gasteiger partial charge in [0.05, 0.1) is 20.3 Å². The predicted octanol–water partition coefficient (Wildman–Crippen LogP) is 4.07. The van der Waals surface area contributed by atoms with Crippen LogP contribution in [-0.4, -0.2) is 37.5 Å². The van der Waals surface area contributed by atoms with Crippen LogP contribution in [-0.2, 0) is 11.2 Å². The standard InChI is InChI=1S/C20H24ClNO3/c1-15(17-7-5-4-6-8-17)22(20(23)14-21)12-11-16-9-10-18(24-2)19(13-16)25-3/h4-10,13,15H,11-12,14H2,1-3H3/t15-/m1/s1. The lowest BCUT2D eigenvalue weighted by atomic mass is 10.1. The molecule has 0 bridgehead atoms. The Labute approximate surface area is 154 Å². The van der Waals surface area contributed by atoms with Crippen molar-refractivity contribution in [2.75, 3.05) is 26.6 Å². The van der Waals surface area contributed by atoms with Crippen molar-refractivity contribution in [3.8, 4) is 11.5 Å². The Hall–Kier alpha value is -2.20. The van der Waals surface area contributed by atoms with E-state index in [1.54, 1.807) is 14.2 Å². The molecular formula is C20H24ClNO3. The predicted molar refractivity (Wildman–Crippen MR) is 101 cm³/mol. The van der Waals surface area contributed by atoms with Gasteiger partial charge in [0, 0.05) is 6.54 Å². The van der Waals surface area contributed by atoms with Crippen LogP contribution in [0.2, 0.25) is 0 Å². The lowest BCUT2D eigenvalue weighted by Gasteiger charge is -2.29. The first-order chi connectivity index (χ1) is 12.1. The zero-order chi connectivity index (χ0) is 18.2. The van der Waals surface area contributed by atoms with Crippen molar-refractivity contribution in [1.82, 2.24) is 4.90 Å². The van der Waals surface area contributed by atoms with Crippen molar-refractivity contribution in [2.24, 2.45) is 0 Å². The van der Waals surface area contributed by atoms with E-state index in [4.69, 9.17) is 21.1 Å². The Kier molecular flexibility index (Phi) is 7.14. The van der Waals surface area contributed by atoms with Gasteiger partial charge in [-0.15, -0.1) is 11.6 Å². The highest BCUT2D eigenvalue weighted by Gasteiger charge is 2.20. The van der Waals surface area contributed by atoms with E-state index in [9.17, 15) is 4.79 Å². The van der Waals surface area contributed by atoms with Gasteiger partial charge in [-0.3, -0.25) is 4.79 Å². The third-order valence-corrected chi connectivity index (χ3v) is 4.50. The van der Waals surface area contributed by atoms with Crippen molar-refractivity contribution < 1.29 is 14.3 Å². The highest BCUT2D eigenvalue weighted by Crippen LogP contribution is 2.28. The average Bonchev–Trinajstić information content (AvgIpc) is 2.68. The zero-order valence-corrected chi connectivity index (χ0v) is 15.6. The average molecular weight is 362 g/mol. The molecule has 1 atom stereocenters. The quantitative estimate of drug-likeness (QED) is 0.665. The minimum atomic E-state index is -0.0708. The number of hydrogen-bond donors (Lipinski definition) is 0. The van der Waals surface area contributed by atoms with Gasteiger partial charge in [0.1, 0.15) is 5.88 Å². The largest absolute Gasteiger partial charge is 0.493 e. The second-order valence-corrected chi connectivity index (χ2v) is 6.01. The molecule has 134 valence electrons. The second-order valence-electron chi connectivity index (χ2n) is 5.75. The van der Waals surface area contributed by atoms with Crippen molar-refractivity contribution in [3.05, 3.63) is 59.7 Å². The van der Waals surface area contributed by atoms with Crippen LogP contribution in [0.4, 0.5) is 0 Å². The van der Waals surface area contributed by atoms with Gasteiger partial charge in [0.15, 0.2) is 11.5 Å². The zero-order valence-electron chi connectivity index (χ0n) is 14.9. The maximum atomic E-state index is 12.3. The van der Waals surface area contributed by atoms with Gasteiger partial charge in [-0.25, -0.2) is 0 Å². The van der Waals surface area contributed by atoms with Crippen molar-refractivity contribution in [3.63, 3.8) is 0 Å². The third kappa shape index (κ3) is 4.89. The monoisotopic (exact) mass is 361 g/mol. The van der Waals surface area contributed by atoms with E-state index in [-0.39, 0.29) is 17.8 Å². The number of hydrogen-bond acceptors (Lipinski definition) is 3. The van der Waals surface area contributed by atoms with Crippen LogP contribution in [0.15, 0.2) is 48.5 Å². The van der Waals surface area contributed by atoms with Gasteiger partial charge in [-0.2, -0.15) is 0 Å². The number of methoxy groups -OCH3 is 2. The molecule has 5 heteroatoms. The van der Waals surface area contributed by atoms with Gasteiger partial charge in [-0.05, 0) is 36.6 Å². The van der Waals surface area contributed by atoms with Crippen LogP contribution in [0.3, 0.4) is 0 Å². The first kappa shape index (κ1) is 19.1.